The number of nitrogens with one attached hydrogen (secondary N) is 2. The first kappa shape index (κ1) is 17.6. The van der Waals surface area contributed by atoms with Crippen LogP contribution in [0, 0.1) is 0 Å². The van der Waals surface area contributed by atoms with E-state index in [2.05, 4.69) is 15.6 Å². The number of rotatable bonds is 10. The van der Waals surface area contributed by atoms with Crippen LogP contribution in [0.15, 0.2) is 35.4 Å². The number of nitrogens with zero attached hydrogens (tertiary/aromatic N) is 2. The molecule has 0 radical (unpaired) electrons. The summed E-state index contributed by atoms with van der Waals surface area (Å²) in [7, 11) is 0. The van der Waals surface area contributed by atoms with Crippen LogP contribution in [0.3, 0.4) is 0 Å². The van der Waals surface area contributed by atoms with Gasteiger partial charge in [0.1, 0.15) is 0 Å². The van der Waals surface area contributed by atoms with Crippen molar-refractivity contribution in [2.75, 3.05) is 26.4 Å². The third-order valence-electron chi connectivity index (χ3n) is 3.28. The van der Waals surface area contributed by atoms with E-state index in [4.69, 9.17) is 9.47 Å². The summed E-state index contributed by atoms with van der Waals surface area (Å²) >= 11 is 0. The third kappa shape index (κ3) is 5.11. The molecule has 1 heterocycles. The largest absolute Gasteiger partial charge is 0.352 e. The summed E-state index contributed by atoms with van der Waals surface area (Å²) in [5.74, 6) is 0. The van der Waals surface area contributed by atoms with Crippen LogP contribution in [-0.4, -0.2) is 42.3 Å². The zero-order valence-electron chi connectivity index (χ0n) is 13.6. The van der Waals surface area contributed by atoms with E-state index in [-0.39, 0.29) is 11.8 Å². The highest BCUT2D eigenvalue weighted by atomic mass is 16.7. The number of hydrogen-bond acceptors (Lipinski definition) is 6. The van der Waals surface area contributed by atoms with Gasteiger partial charge in [0.2, 0.25) is 0 Å². The summed E-state index contributed by atoms with van der Waals surface area (Å²) in [6.45, 7) is 6.59. The van der Waals surface area contributed by atoms with Gasteiger partial charge in [0.25, 0.3) is 5.56 Å². The highest BCUT2D eigenvalue weighted by Crippen LogP contribution is 2.04. The van der Waals surface area contributed by atoms with Crippen LogP contribution in [0.5, 0.6) is 0 Å². The molecule has 2 aromatic rings. The van der Waals surface area contributed by atoms with Crippen LogP contribution in [0.2, 0.25) is 0 Å². The molecule has 0 amide bonds. The number of ether oxygens (including phenoxy) is 2. The molecule has 0 aliphatic rings. The lowest BCUT2D eigenvalue weighted by atomic mass is 10.2. The van der Waals surface area contributed by atoms with E-state index < -0.39 is 0 Å². The molecule has 0 aliphatic carbocycles. The van der Waals surface area contributed by atoms with Crippen molar-refractivity contribution in [3.63, 3.8) is 0 Å². The standard InChI is InChI=1S/C16H24N4O3/c1-3-22-15(23-4-2)9-17-10-18-11-20-12-19-14-8-6-5-7-13(14)16(20)21/h5-8,12,15,17-18H,3-4,9-11H2,1-2H3. The van der Waals surface area contributed by atoms with Crippen molar-refractivity contribution in [3.8, 4) is 0 Å². The lowest BCUT2D eigenvalue weighted by Crippen LogP contribution is -2.39. The van der Waals surface area contributed by atoms with Crippen molar-refractivity contribution in [2.24, 2.45) is 0 Å². The van der Waals surface area contributed by atoms with Crippen molar-refractivity contribution in [2.45, 2.75) is 26.8 Å². The number of benzene rings is 1. The maximum Gasteiger partial charge on any atom is 0.262 e. The molecular weight excluding hydrogens is 296 g/mol. The molecular formula is C16H24N4O3. The Morgan fingerprint density at radius 3 is 2.65 bits per heavy atom. The van der Waals surface area contributed by atoms with Crippen molar-refractivity contribution < 1.29 is 9.47 Å². The number of para-hydroxylation sites is 1. The van der Waals surface area contributed by atoms with E-state index >= 15 is 0 Å². The molecule has 1 aromatic heterocycles. The molecule has 0 fully saturated rings. The van der Waals surface area contributed by atoms with E-state index in [1.54, 1.807) is 17.0 Å². The molecule has 0 unspecified atom stereocenters. The molecule has 2 N–H and O–H groups in total. The summed E-state index contributed by atoms with van der Waals surface area (Å²) in [5, 5.41) is 6.96. The lowest BCUT2D eigenvalue weighted by molar-refractivity contribution is -0.132. The minimum atomic E-state index is -0.253. The average molecular weight is 320 g/mol. The normalized spacial score (nSPS) is 11.4. The molecule has 7 heteroatoms. The Balaban J connectivity index is 1.80. The van der Waals surface area contributed by atoms with Gasteiger partial charge < -0.3 is 9.47 Å². The topological polar surface area (TPSA) is 77.4 Å². The third-order valence-corrected chi connectivity index (χ3v) is 3.28. The van der Waals surface area contributed by atoms with Crippen LogP contribution < -0.4 is 16.2 Å². The fourth-order valence-electron chi connectivity index (χ4n) is 2.21. The Kier molecular flexibility index (Phi) is 7.15. The maximum absolute atomic E-state index is 12.3. The van der Waals surface area contributed by atoms with Gasteiger partial charge >= 0.3 is 0 Å². The van der Waals surface area contributed by atoms with Gasteiger partial charge in [0.15, 0.2) is 6.29 Å². The number of aromatic nitrogens is 2. The first-order valence-electron chi connectivity index (χ1n) is 7.85. The van der Waals surface area contributed by atoms with Gasteiger partial charge in [-0.25, -0.2) is 4.98 Å². The predicted molar refractivity (Wildman–Crippen MR) is 89.0 cm³/mol. The minimum Gasteiger partial charge on any atom is -0.352 e. The zero-order chi connectivity index (χ0) is 16.5. The van der Waals surface area contributed by atoms with Crippen molar-refractivity contribution in [1.29, 1.82) is 0 Å². The molecule has 23 heavy (non-hydrogen) atoms. The van der Waals surface area contributed by atoms with E-state index in [1.165, 1.54) is 0 Å². The molecule has 1 aromatic carbocycles. The first-order chi connectivity index (χ1) is 11.3. The second-order valence-corrected chi connectivity index (χ2v) is 4.92. The summed E-state index contributed by atoms with van der Waals surface area (Å²) in [4.78, 5) is 16.6. The fraction of sp³-hybridized carbons (Fsp3) is 0.500. The van der Waals surface area contributed by atoms with Gasteiger partial charge in [0.05, 0.1) is 23.9 Å². The van der Waals surface area contributed by atoms with E-state index in [0.717, 1.165) is 0 Å². The van der Waals surface area contributed by atoms with Crippen molar-refractivity contribution >= 4 is 10.9 Å². The highest BCUT2D eigenvalue weighted by molar-refractivity contribution is 5.76. The SMILES string of the molecule is CCOC(CNCNCn1cnc2ccccc2c1=O)OCC. The highest BCUT2D eigenvalue weighted by Gasteiger charge is 2.06. The lowest BCUT2D eigenvalue weighted by Gasteiger charge is -2.17. The molecule has 0 aliphatic heterocycles. The molecule has 2 rings (SSSR count). The number of fused-ring (bicyclic) bond motifs is 1. The summed E-state index contributed by atoms with van der Waals surface area (Å²) in [6, 6.07) is 7.33. The quantitative estimate of drug-likeness (QED) is 0.500. The Labute approximate surface area is 135 Å². The molecule has 7 nitrogen and oxygen atoms in total. The maximum atomic E-state index is 12.3. The van der Waals surface area contributed by atoms with Gasteiger partial charge in [-0.3, -0.25) is 20.0 Å². The summed E-state index contributed by atoms with van der Waals surface area (Å²) < 4.78 is 12.4. The van der Waals surface area contributed by atoms with Crippen molar-refractivity contribution in [3.05, 3.63) is 40.9 Å². The van der Waals surface area contributed by atoms with Crippen LogP contribution in [0.25, 0.3) is 10.9 Å². The van der Waals surface area contributed by atoms with E-state index in [0.29, 0.717) is 44.0 Å². The van der Waals surface area contributed by atoms with Gasteiger partial charge in [-0.2, -0.15) is 0 Å². The number of hydrogen-bond donors (Lipinski definition) is 2. The first-order valence-corrected chi connectivity index (χ1v) is 7.85. The Morgan fingerprint density at radius 2 is 1.91 bits per heavy atom. The van der Waals surface area contributed by atoms with Crippen LogP contribution in [0.4, 0.5) is 0 Å². The van der Waals surface area contributed by atoms with E-state index in [1.807, 2.05) is 32.0 Å². The molecule has 0 saturated heterocycles. The monoisotopic (exact) mass is 320 g/mol. The summed E-state index contributed by atoms with van der Waals surface area (Å²) in [6.07, 6.45) is 1.30. The van der Waals surface area contributed by atoms with E-state index in [9.17, 15) is 4.79 Å². The Bertz CT molecular complexity index is 653. The Morgan fingerprint density at radius 1 is 1.17 bits per heavy atom. The molecule has 0 atom stereocenters. The predicted octanol–water partition coefficient (Wildman–Crippen LogP) is 0.890. The Hall–Kier alpha value is -1.80. The minimum absolute atomic E-state index is 0.0513. The fourth-order valence-corrected chi connectivity index (χ4v) is 2.21. The van der Waals surface area contributed by atoms with Crippen LogP contribution in [-0.2, 0) is 16.1 Å². The average Bonchev–Trinajstić information content (AvgIpc) is 2.57. The molecule has 0 spiro atoms. The second kappa shape index (κ2) is 9.36. The molecule has 0 saturated carbocycles. The zero-order valence-corrected chi connectivity index (χ0v) is 13.6. The molecule has 126 valence electrons. The van der Waals surface area contributed by atoms with Gasteiger partial charge in [-0.15, -0.1) is 0 Å². The van der Waals surface area contributed by atoms with Gasteiger partial charge in [-0.05, 0) is 26.0 Å². The van der Waals surface area contributed by atoms with Crippen LogP contribution in [0.1, 0.15) is 13.8 Å². The van der Waals surface area contributed by atoms with Crippen LogP contribution >= 0.6 is 0 Å². The van der Waals surface area contributed by atoms with Crippen molar-refractivity contribution in [1.82, 2.24) is 20.2 Å². The smallest absolute Gasteiger partial charge is 0.262 e. The van der Waals surface area contributed by atoms with Gasteiger partial charge in [-0.1, -0.05) is 12.1 Å². The second-order valence-electron chi connectivity index (χ2n) is 4.92. The molecule has 0 bridgehead atoms. The van der Waals surface area contributed by atoms with Gasteiger partial charge in [0, 0.05) is 26.4 Å². The summed E-state index contributed by atoms with van der Waals surface area (Å²) in [5.41, 5.74) is 0.660.